The molecule has 2 aromatic heterocycles. The molecule has 0 radical (unpaired) electrons. The molecular weight excluding hydrogens is 334 g/mol. The molecular formula is C20H13NO5. The van der Waals surface area contributed by atoms with Gasteiger partial charge in [0.15, 0.2) is 5.76 Å². The minimum absolute atomic E-state index is 0.00943. The number of aryl methyl sites for hydroxylation is 2. The fraction of sp³-hybridized carbons (Fsp3) is 0.100. The maximum atomic E-state index is 12.8. The number of carbonyl (C=O) groups excluding carboxylic acids is 3. The number of benzene rings is 1. The second-order valence-electron chi connectivity index (χ2n) is 6.00. The van der Waals surface area contributed by atoms with Gasteiger partial charge in [0.05, 0.1) is 11.1 Å². The van der Waals surface area contributed by atoms with Crippen molar-refractivity contribution < 1.29 is 23.5 Å². The fourth-order valence-corrected chi connectivity index (χ4v) is 2.94. The van der Waals surface area contributed by atoms with Crippen molar-refractivity contribution >= 4 is 17.5 Å². The molecule has 0 amide bonds. The number of furan rings is 1. The first kappa shape index (κ1) is 16.0. The van der Waals surface area contributed by atoms with Crippen LogP contribution in [0.4, 0.5) is 0 Å². The van der Waals surface area contributed by atoms with E-state index in [1.807, 2.05) is 6.92 Å². The second-order valence-corrected chi connectivity index (χ2v) is 6.00. The van der Waals surface area contributed by atoms with Gasteiger partial charge in [-0.2, -0.15) is 0 Å². The lowest BCUT2D eigenvalue weighted by Crippen LogP contribution is -2.23. The number of aromatic nitrogens is 1. The Morgan fingerprint density at radius 1 is 1.04 bits per heavy atom. The Morgan fingerprint density at radius 3 is 2.50 bits per heavy atom. The van der Waals surface area contributed by atoms with Crippen LogP contribution in [0.5, 0.6) is 5.75 Å². The van der Waals surface area contributed by atoms with Gasteiger partial charge in [-0.3, -0.25) is 14.6 Å². The van der Waals surface area contributed by atoms with E-state index in [1.165, 1.54) is 19.2 Å². The molecule has 1 aliphatic carbocycles. The molecule has 0 saturated heterocycles. The number of hydrogen-bond acceptors (Lipinski definition) is 6. The second kappa shape index (κ2) is 5.77. The first-order valence-electron chi connectivity index (χ1n) is 7.94. The topological polar surface area (TPSA) is 86.5 Å². The maximum Gasteiger partial charge on any atom is 0.347 e. The van der Waals surface area contributed by atoms with Gasteiger partial charge in [0, 0.05) is 6.20 Å². The van der Waals surface area contributed by atoms with Crippen molar-refractivity contribution in [3.8, 4) is 5.75 Å². The van der Waals surface area contributed by atoms with Gasteiger partial charge < -0.3 is 9.15 Å². The van der Waals surface area contributed by atoms with Crippen LogP contribution < -0.4 is 4.74 Å². The van der Waals surface area contributed by atoms with Crippen LogP contribution in [0, 0.1) is 13.8 Å². The summed E-state index contributed by atoms with van der Waals surface area (Å²) in [7, 11) is 0. The molecule has 6 heteroatoms. The summed E-state index contributed by atoms with van der Waals surface area (Å²) < 4.78 is 10.8. The summed E-state index contributed by atoms with van der Waals surface area (Å²) in [5, 5.41) is 0. The Hall–Kier alpha value is -3.54. The molecule has 6 nitrogen and oxygen atoms in total. The average Bonchev–Trinajstić information content (AvgIpc) is 2.99. The van der Waals surface area contributed by atoms with E-state index in [0.717, 1.165) is 5.56 Å². The lowest BCUT2D eigenvalue weighted by molar-refractivity contribution is 0.0729. The molecule has 2 heterocycles. The van der Waals surface area contributed by atoms with Gasteiger partial charge in [-0.1, -0.05) is 17.7 Å². The number of carbonyl (C=O) groups is 3. The first-order valence-corrected chi connectivity index (χ1v) is 7.94. The third-order valence-corrected chi connectivity index (χ3v) is 4.22. The average molecular weight is 347 g/mol. The molecule has 1 aliphatic rings. The van der Waals surface area contributed by atoms with Crippen LogP contribution >= 0.6 is 0 Å². The normalized spacial score (nSPS) is 12.5. The van der Waals surface area contributed by atoms with Gasteiger partial charge >= 0.3 is 5.97 Å². The van der Waals surface area contributed by atoms with E-state index in [2.05, 4.69) is 4.98 Å². The molecule has 0 aliphatic heterocycles. The number of fused-ring (bicyclic) bond motifs is 2. The van der Waals surface area contributed by atoms with Crippen molar-refractivity contribution in [1.29, 1.82) is 0 Å². The van der Waals surface area contributed by atoms with Gasteiger partial charge in [-0.25, -0.2) is 4.79 Å². The van der Waals surface area contributed by atoms with E-state index < -0.39 is 17.5 Å². The minimum Gasteiger partial charge on any atom is -0.456 e. The molecule has 0 N–H and O–H groups in total. The predicted octanol–water partition coefficient (Wildman–Crippen LogP) is 3.29. The third-order valence-electron chi connectivity index (χ3n) is 4.22. The van der Waals surface area contributed by atoms with Gasteiger partial charge in [-0.05, 0) is 38.1 Å². The summed E-state index contributed by atoms with van der Waals surface area (Å²) in [5.41, 5.74) is 1.06. The van der Waals surface area contributed by atoms with E-state index >= 15 is 0 Å². The van der Waals surface area contributed by atoms with E-state index in [9.17, 15) is 14.4 Å². The molecule has 1 aromatic carbocycles. The SMILES string of the molecule is Cc1ccc(OC(=O)c2c(C)oc3c2C(=O)c2ncccc2C3=O)cc1. The van der Waals surface area contributed by atoms with E-state index in [4.69, 9.17) is 9.15 Å². The van der Waals surface area contributed by atoms with Gasteiger partial charge in [0.1, 0.15) is 22.8 Å². The van der Waals surface area contributed by atoms with Crippen LogP contribution in [0.3, 0.4) is 0 Å². The summed E-state index contributed by atoms with van der Waals surface area (Å²) in [6.45, 7) is 3.43. The summed E-state index contributed by atoms with van der Waals surface area (Å²) in [6, 6.07) is 9.98. The zero-order valence-corrected chi connectivity index (χ0v) is 14.0. The van der Waals surface area contributed by atoms with Gasteiger partial charge in [0.25, 0.3) is 0 Å². The van der Waals surface area contributed by atoms with Crippen molar-refractivity contribution in [2.75, 3.05) is 0 Å². The fourth-order valence-electron chi connectivity index (χ4n) is 2.94. The van der Waals surface area contributed by atoms with Crippen molar-refractivity contribution in [2.24, 2.45) is 0 Å². The van der Waals surface area contributed by atoms with E-state index in [-0.39, 0.29) is 33.9 Å². The Labute approximate surface area is 148 Å². The van der Waals surface area contributed by atoms with Crippen LogP contribution in [0.2, 0.25) is 0 Å². The summed E-state index contributed by atoms with van der Waals surface area (Å²) in [4.78, 5) is 42.0. The highest BCUT2D eigenvalue weighted by atomic mass is 16.5. The molecule has 3 aromatic rings. The highest BCUT2D eigenvalue weighted by Gasteiger charge is 2.39. The molecule has 128 valence electrons. The number of esters is 1. The Balaban J connectivity index is 1.79. The van der Waals surface area contributed by atoms with Crippen LogP contribution in [-0.4, -0.2) is 22.5 Å². The summed E-state index contributed by atoms with van der Waals surface area (Å²) in [6.07, 6.45) is 1.42. The Morgan fingerprint density at radius 2 is 1.77 bits per heavy atom. The lowest BCUT2D eigenvalue weighted by Gasteiger charge is -2.12. The lowest BCUT2D eigenvalue weighted by atomic mass is 9.90. The van der Waals surface area contributed by atoms with E-state index in [0.29, 0.717) is 5.75 Å². The number of pyridine rings is 1. The quantitative estimate of drug-likeness (QED) is 0.408. The zero-order chi connectivity index (χ0) is 18.4. The van der Waals surface area contributed by atoms with Crippen LogP contribution in [0.1, 0.15) is 53.9 Å². The smallest absolute Gasteiger partial charge is 0.347 e. The van der Waals surface area contributed by atoms with Gasteiger partial charge in [0.2, 0.25) is 11.6 Å². The van der Waals surface area contributed by atoms with Crippen molar-refractivity contribution in [3.63, 3.8) is 0 Å². The van der Waals surface area contributed by atoms with E-state index in [1.54, 1.807) is 30.3 Å². The molecule has 0 bridgehead atoms. The van der Waals surface area contributed by atoms with Crippen molar-refractivity contribution in [3.05, 3.63) is 82.1 Å². The summed E-state index contributed by atoms with van der Waals surface area (Å²) >= 11 is 0. The summed E-state index contributed by atoms with van der Waals surface area (Å²) in [5.74, 6) is -1.41. The van der Waals surface area contributed by atoms with Crippen LogP contribution in [-0.2, 0) is 0 Å². The molecule has 0 unspecified atom stereocenters. The first-order chi connectivity index (χ1) is 12.5. The van der Waals surface area contributed by atoms with Crippen LogP contribution in [0.15, 0.2) is 47.0 Å². The molecule has 0 atom stereocenters. The Kier molecular flexibility index (Phi) is 3.54. The molecule has 0 saturated carbocycles. The molecule has 0 fully saturated rings. The monoisotopic (exact) mass is 347 g/mol. The van der Waals surface area contributed by atoms with Gasteiger partial charge in [-0.15, -0.1) is 0 Å². The van der Waals surface area contributed by atoms with Crippen molar-refractivity contribution in [2.45, 2.75) is 13.8 Å². The highest BCUT2D eigenvalue weighted by Crippen LogP contribution is 2.33. The standard InChI is InChI=1S/C20H13NO5/c1-10-5-7-12(8-6-10)26-20(24)14-11(2)25-19-15(14)18(23)16-13(17(19)22)4-3-9-21-16/h3-9H,1-2H3. The van der Waals surface area contributed by atoms with Crippen LogP contribution in [0.25, 0.3) is 0 Å². The maximum absolute atomic E-state index is 12.8. The number of rotatable bonds is 2. The number of nitrogens with zero attached hydrogens (tertiary/aromatic N) is 1. The molecule has 4 rings (SSSR count). The van der Waals surface area contributed by atoms with Crippen molar-refractivity contribution in [1.82, 2.24) is 4.98 Å². The molecule has 0 spiro atoms. The third kappa shape index (κ3) is 2.35. The predicted molar refractivity (Wildman–Crippen MR) is 90.7 cm³/mol. The minimum atomic E-state index is -0.753. The number of ether oxygens (including phenoxy) is 1. The Bertz CT molecular complexity index is 1080. The molecule has 26 heavy (non-hydrogen) atoms. The zero-order valence-electron chi connectivity index (χ0n) is 14.0. The number of hydrogen-bond donors (Lipinski definition) is 0. The highest BCUT2D eigenvalue weighted by molar-refractivity contribution is 6.29. The number of ketones is 2. The largest absolute Gasteiger partial charge is 0.456 e.